The molecule has 2 rings (SSSR count). The summed E-state index contributed by atoms with van der Waals surface area (Å²) in [5.41, 5.74) is 1.35. The van der Waals surface area contributed by atoms with Gasteiger partial charge in [-0.3, -0.25) is 0 Å². The second kappa shape index (κ2) is 4.62. The highest BCUT2D eigenvalue weighted by molar-refractivity contribution is 5.60. The van der Waals surface area contributed by atoms with Crippen LogP contribution in [0.2, 0.25) is 0 Å². The van der Waals surface area contributed by atoms with Crippen molar-refractivity contribution in [3.05, 3.63) is 59.7 Å². The summed E-state index contributed by atoms with van der Waals surface area (Å²) in [4.78, 5) is 0. The van der Waals surface area contributed by atoms with Crippen LogP contribution in [-0.4, -0.2) is 0 Å². The summed E-state index contributed by atoms with van der Waals surface area (Å²) in [5, 5.41) is 11.4. The van der Waals surface area contributed by atoms with Gasteiger partial charge in [-0.05, 0) is 36.4 Å². The van der Waals surface area contributed by atoms with Crippen LogP contribution in [0, 0.1) is 23.0 Å². The Morgan fingerprint density at radius 3 is 2.29 bits per heavy atom. The normalized spacial score (nSPS) is 9.71. The van der Waals surface area contributed by atoms with Crippen molar-refractivity contribution < 1.29 is 8.78 Å². The number of hydrogen-bond acceptors (Lipinski definition) is 2. The van der Waals surface area contributed by atoms with Crippen LogP contribution < -0.4 is 5.32 Å². The van der Waals surface area contributed by atoms with Crippen molar-refractivity contribution in [3.63, 3.8) is 0 Å². The second-order valence-electron chi connectivity index (χ2n) is 3.44. The summed E-state index contributed by atoms with van der Waals surface area (Å²) in [6.07, 6.45) is 0. The maximum absolute atomic E-state index is 13.3. The van der Waals surface area contributed by atoms with E-state index in [2.05, 4.69) is 5.32 Å². The van der Waals surface area contributed by atoms with E-state index in [4.69, 9.17) is 5.26 Å². The predicted molar refractivity (Wildman–Crippen MR) is 60.8 cm³/mol. The lowest BCUT2D eigenvalue weighted by Crippen LogP contribution is -1.94. The molecule has 4 heteroatoms. The summed E-state index contributed by atoms with van der Waals surface area (Å²) in [6.45, 7) is 0. The molecular weight excluding hydrogens is 222 g/mol. The Morgan fingerprint density at radius 2 is 1.71 bits per heavy atom. The summed E-state index contributed by atoms with van der Waals surface area (Å²) in [7, 11) is 0. The van der Waals surface area contributed by atoms with Gasteiger partial charge in [-0.2, -0.15) is 5.26 Å². The summed E-state index contributed by atoms with van der Waals surface area (Å²) in [6, 6.07) is 11.8. The molecule has 0 atom stereocenters. The molecular formula is C13H8F2N2. The number of anilines is 2. The summed E-state index contributed by atoms with van der Waals surface area (Å²) >= 11 is 0. The largest absolute Gasteiger partial charge is 0.353 e. The Kier molecular flexibility index (Phi) is 3.01. The lowest BCUT2D eigenvalue weighted by atomic mass is 10.2. The zero-order chi connectivity index (χ0) is 12.3. The van der Waals surface area contributed by atoms with Crippen LogP contribution >= 0.6 is 0 Å². The summed E-state index contributed by atoms with van der Waals surface area (Å²) in [5.74, 6) is -1.28. The third kappa shape index (κ3) is 2.58. The van der Waals surface area contributed by atoms with Crippen molar-refractivity contribution in [2.45, 2.75) is 0 Å². The average molecular weight is 230 g/mol. The van der Waals surface area contributed by atoms with Gasteiger partial charge in [-0.1, -0.05) is 0 Å². The van der Waals surface area contributed by atoms with E-state index in [1.54, 1.807) is 24.3 Å². The highest BCUT2D eigenvalue weighted by Crippen LogP contribution is 2.20. The van der Waals surface area contributed by atoms with Gasteiger partial charge in [0.1, 0.15) is 11.6 Å². The van der Waals surface area contributed by atoms with Crippen molar-refractivity contribution in [2.75, 3.05) is 5.32 Å². The minimum absolute atomic E-state index is 0.191. The number of hydrogen-bond donors (Lipinski definition) is 1. The first-order valence-corrected chi connectivity index (χ1v) is 4.91. The molecule has 0 fully saturated rings. The molecule has 17 heavy (non-hydrogen) atoms. The van der Waals surface area contributed by atoms with E-state index in [1.807, 2.05) is 6.07 Å². The zero-order valence-corrected chi connectivity index (χ0v) is 8.74. The van der Waals surface area contributed by atoms with Gasteiger partial charge in [0.2, 0.25) is 0 Å². The third-order valence-electron chi connectivity index (χ3n) is 2.22. The van der Waals surface area contributed by atoms with Gasteiger partial charge in [0.15, 0.2) is 0 Å². The van der Waals surface area contributed by atoms with Gasteiger partial charge in [-0.15, -0.1) is 0 Å². The van der Waals surface area contributed by atoms with E-state index in [0.717, 1.165) is 6.07 Å². The van der Waals surface area contributed by atoms with Crippen LogP contribution in [0.3, 0.4) is 0 Å². The first-order chi connectivity index (χ1) is 8.19. The van der Waals surface area contributed by atoms with Crippen molar-refractivity contribution in [1.29, 1.82) is 5.26 Å². The maximum Gasteiger partial charge on any atom is 0.149 e. The Balaban J connectivity index is 2.23. The number of rotatable bonds is 2. The van der Waals surface area contributed by atoms with Crippen molar-refractivity contribution in [2.24, 2.45) is 0 Å². The molecule has 2 aromatic carbocycles. The second-order valence-corrected chi connectivity index (χ2v) is 3.44. The molecule has 0 amide bonds. The number of nitriles is 1. The minimum atomic E-state index is -0.658. The van der Waals surface area contributed by atoms with Gasteiger partial charge < -0.3 is 5.32 Å². The molecule has 0 heterocycles. The van der Waals surface area contributed by atoms with E-state index < -0.39 is 11.6 Å². The van der Waals surface area contributed by atoms with Crippen molar-refractivity contribution in [3.8, 4) is 6.07 Å². The van der Waals surface area contributed by atoms with Crippen molar-refractivity contribution >= 4 is 11.4 Å². The summed E-state index contributed by atoms with van der Waals surface area (Å²) < 4.78 is 26.0. The number of halogens is 2. The molecule has 0 unspecified atom stereocenters. The molecule has 0 bridgehead atoms. The molecule has 0 aliphatic carbocycles. The van der Waals surface area contributed by atoms with Gasteiger partial charge in [0.25, 0.3) is 0 Å². The van der Waals surface area contributed by atoms with Crippen LogP contribution in [0.25, 0.3) is 0 Å². The highest BCUT2D eigenvalue weighted by Gasteiger charge is 2.03. The minimum Gasteiger partial charge on any atom is -0.353 e. The van der Waals surface area contributed by atoms with Crippen LogP contribution in [0.15, 0.2) is 42.5 Å². The van der Waals surface area contributed by atoms with E-state index in [-0.39, 0.29) is 5.69 Å². The highest BCUT2D eigenvalue weighted by atomic mass is 19.1. The molecule has 2 aromatic rings. The van der Waals surface area contributed by atoms with E-state index in [9.17, 15) is 8.78 Å². The number of nitrogens with zero attached hydrogens (tertiary/aromatic N) is 1. The molecule has 0 saturated heterocycles. The monoisotopic (exact) mass is 230 g/mol. The maximum atomic E-state index is 13.3. The van der Waals surface area contributed by atoms with E-state index in [0.29, 0.717) is 11.3 Å². The molecule has 2 nitrogen and oxygen atoms in total. The molecule has 0 aliphatic rings. The van der Waals surface area contributed by atoms with Gasteiger partial charge >= 0.3 is 0 Å². The first-order valence-electron chi connectivity index (χ1n) is 4.91. The number of nitrogens with one attached hydrogen (secondary N) is 1. The Morgan fingerprint density at radius 1 is 1.00 bits per heavy atom. The van der Waals surface area contributed by atoms with Crippen LogP contribution in [-0.2, 0) is 0 Å². The average Bonchev–Trinajstić information content (AvgIpc) is 2.34. The van der Waals surface area contributed by atoms with E-state index >= 15 is 0 Å². The first kappa shape index (κ1) is 11.1. The van der Waals surface area contributed by atoms with Crippen molar-refractivity contribution in [1.82, 2.24) is 0 Å². The Bertz CT molecular complexity index is 571. The van der Waals surface area contributed by atoms with Crippen LogP contribution in [0.4, 0.5) is 20.2 Å². The van der Waals surface area contributed by atoms with Gasteiger partial charge in [0.05, 0.1) is 17.3 Å². The zero-order valence-electron chi connectivity index (χ0n) is 8.74. The smallest absolute Gasteiger partial charge is 0.149 e. The number of benzene rings is 2. The van der Waals surface area contributed by atoms with Crippen LogP contribution in [0.5, 0.6) is 0 Å². The SMILES string of the molecule is N#Cc1ccc(Nc2ccc(F)cc2F)cc1. The lowest BCUT2D eigenvalue weighted by Gasteiger charge is -2.07. The topological polar surface area (TPSA) is 35.8 Å². The standard InChI is InChI=1S/C13H8F2N2/c14-10-3-6-13(12(15)7-10)17-11-4-1-9(8-16)2-5-11/h1-7,17H. The molecule has 1 N–H and O–H groups in total. The molecule has 0 spiro atoms. The van der Waals surface area contributed by atoms with Gasteiger partial charge in [-0.25, -0.2) is 8.78 Å². The van der Waals surface area contributed by atoms with Crippen LogP contribution in [0.1, 0.15) is 5.56 Å². The fourth-order valence-corrected chi connectivity index (χ4v) is 1.37. The Labute approximate surface area is 97.1 Å². The molecule has 0 radical (unpaired) electrons. The van der Waals surface area contributed by atoms with Gasteiger partial charge in [0, 0.05) is 11.8 Å². The molecule has 0 saturated carbocycles. The Hall–Kier alpha value is -2.41. The molecule has 84 valence electrons. The fraction of sp³-hybridized carbons (Fsp3) is 0. The quantitative estimate of drug-likeness (QED) is 0.855. The lowest BCUT2D eigenvalue weighted by molar-refractivity contribution is 0.586. The third-order valence-corrected chi connectivity index (χ3v) is 2.22. The molecule has 0 aliphatic heterocycles. The van der Waals surface area contributed by atoms with E-state index in [1.165, 1.54) is 12.1 Å². The fourth-order valence-electron chi connectivity index (χ4n) is 1.37. The molecule has 0 aromatic heterocycles. The predicted octanol–water partition coefficient (Wildman–Crippen LogP) is 3.58.